The molecule has 0 aliphatic heterocycles. The zero-order valence-electron chi connectivity index (χ0n) is 9.98. The van der Waals surface area contributed by atoms with Crippen molar-refractivity contribution in [3.8, 4) is 5.75 Å². The molecule has 1 N–H and O–H groups in total. The van der Waals surface area contributed by atoms with E-state index in [-0.39, 0.29) is 0 Å². The first kappa shape index (κ1) is 13.0. The van der Waals surface area contributed by atoms with Gasteiger partial charge in [0.1, 0.15) is 11.9 Å². The predicted molar refractivity (Wildman–Crippen MR) is 63.7 cm³/mol. The molecule has 1 aromatic carbocycles. The monoisotopic (exact) mass is 224 g/mol. The van der Waals surface area contributed by atoms with Crippen LogP contribution in [-0.2, 0) is 4.74 Å². The number of rotatable bonds is 7. The van der Waals surface area contributed by atoms with Gasteiger partial charge in [-0.15, -0.1) is 0 Å². The van der Waals surface area contributed by atoms with Crippen molar-refractivity contribution >= 4 is 0 Å². The minimum absolute atomic E-state index is 0.337. The third-order valence-corrected chi connectivity index (χ3v) is 2.18. The number of aliphatic hydroxyl groups excluding tert-OH is 1. The van der Waals surface area contributed by atoms with E-state index in [2.05, 4.69) is 0 Å². The van der Waals surface area contributed by atoms with Gasteiger partial charge >= 0.3 is 0 Å². The average molecular weight is 224 g/mol. The van der Waals surface area contributed by atoms with E-state index < -0.39 is 6.10 Å². The van der Waals surface area contributed by atoms with Crippen LogP contribution in [0.25, 0.3) is 0 Å². The maximum Gasteiger partial charge on any atom is 0.119 e. The Hall–Kier alpha value is -1.06. The lowest BCUT2D eigenvalue weighted by molar-refractivity contribution is 0.0363. The van der Waals surface area contributed by atoms with Gasteiger partial charge in [-0.05, 0) is 31.0 Å². The van der Waals surface area contributed by atoms with Crippen molar-refractivity contribution in [3.63, 3.8) is 0 Å². The minimum Gasteiger partial charge on any atom is -0.494 e. The molecule has 16 heavy (non-hydrogen) atoms. The van der Waals surface area contributed by atoms with Crippen LogP contribution >= 0.6 is 0 Å². The Balaban J connectivity index is 2.53. The summed E-state index contributed by atoms with van der Waals surface area (Å²) < 4.78 is 10.7. The number of benzene rings is 1. The molecule has 1 rings (SSSR count). The van der Waals surface area contributed by atoms with Crippen LogP contribution in [0, 0.1) is 0 Å². The lowest BCUT2D eigenvalue weighted by Crippen LogP contribution is -2.08. The summed E-state index contributed by atoms with van der Waals surface area (Å²) in [5, 5.41) is 9.86. The van der Waals surface area contributed by atoms with E-state index in [4.69, 9.17) is 9.47 Å². The second kappa shape index (κ2) is 7.25. The number of aliphatic hydroxyl groups is 1. The molecule has 0 spiro atoms. The molecule has 0 aliphatic rings. The molecule has 0 radical (unpaired) electrons. The quantitative estimate of drug-likeness (QED) is 0.723. The molecule has 0 saturated carbocycles. The molecule has 0 amide bonds. The topological polar surface area (TPSA) is 38.7 Å². The van der Waals surface area contributed by atoms with Gasteiger partial charge in [-0.1, -0.05) is 19.1 Å². The lowest BCUT2D eigenvalue weighted by Gasteiger charge is -2.12. The molecule has 0 heterocycles. The molecule has 3 heteroatoms. The van der Waals surface area contributed by atoms with Crippen LogP contribution in [0.5, 0.6) is 5.75 Å². The van der Waals surface area contributed by atoms with Crippen LogP contribution in [0.15, 0.2) is 24.3 Å². The van der Waals surface area contributed by atoms with E-state index in [9.17, 15) is 5.11 Å². The molecule has 0 saturated heterocycles. The fourth-order valence-corrected chi connectivity index (χ4v) is 1.41. The van der Waals surface area contributed by atoms with E-state index in [1.165, 1.54) is 0 Å². The molecule has 90 valence electrons. The van der Waals surface area contributed by atoms with E-state index >= 15 is 0 Å². The lowest BCUT2D eigenvalue weighted by atomic mass is 10.1. The summed E-state index contributed by atoms with van der Waals surface area (Å²) in [4.78, 5) is 0. The van der Waals surface area contributed by atoms with Gasteiger partial charge in [0.05, 0.1) is 13.2 Å². The molecule has 0 fully saturated rings. The van der Waals surface area contributed by atoms with Crippen LogP contribution in [0.2, 0.25) is 0 Å². The van der Waals surface area contributed by atoms with Crippen molar-refractivity contribution in [1.29, 1.82) is 0 Å². The third kappa shape index (κ3) is 4.21. The molecule has 1 aromatic rings. The third-order valence-electron chi connectivity index (χ3n) is 2.18. The zero-order chi connectivity index (χ0) is 11.8. The fraction of sp³-hybridized carbons (Fsp3) is 0.538. The van der Waals surface area contributed by atoms with Crippen molar-refractivity contribution < 1.29 is 14.6 Å². The highest BCUT2D eigenvalue weighted by Crippen LogP contribution is 2.19. The van der Waals surface area contributed by atoms with Gasteiger partial charge in [-0.2, -0.15) is 0 Å². The maximum atomic E-state index is 9.86. The highest BCUT2D eigenvalue weighted by molar-refractivity contribution is 5.29. The second-order valence-corrected chi connectivity index (χ2v) is 3.60. The normalized spacial score (nSPS) is 12.4. The summed E-state index contributed by atoms with van der Waals surface area (Å²) in [7, 11) is 0. The van der Waals surface area contributed by atoms with E-state index in [1.807, 2.05) is 38.1 Å². The Morgan fingerprint density at radius 3 is 2.81 bits per heavy atom. The summed E-state index contributed by atoms with van der Waals surface area (Å²) in [6.45, 7) is 5.63. The van der Waals surface area contributed by atoms with Gasteiger partial charge < -0.3 is 14.6 Å². The van der Waals surface area contributed by atoms with E-state index in [0.29, 0.717) is 19.8 Å². The molecule has 0 aliphatic carbocycles. The van der Waals surface area contributed by atoms with Crippen LogP contribution in [0.3, 0.4) is 0 Å². The molecule has 3 nitrogen and oxygen atoms in total. The van der Waals surface area contributed by atoms with Crippen LogP contribution in [0.1, 0.15) is 31.9 Å². The van der Waals surface area contributed by atoms with Crippen LogP contribution in [0.4, 0.5) is 0 Å². The molecule has 0 bridgehead atoms. The van der Waals surface area contributed by atoms with Crippen LogP contribution in [-0.4, -0.2) is 24.9 Å². The zero-order valence-corrected chi connectivity index (χ0v) is 9.98. The summed E-state index contributed by atoms with van der Waals surface area (Å²) in [5.74, 6) is 0.787. The molecular weight excluding hydrogens is 204 g/mol. The summed E-state index contributed by atoms with van der Waals surface area (Å²) in [6.07, 6.45) is 0.387. The Kier molecular flexibility index (Phi) is 5.90. The fourth-order valence-electron chi connectivity index (χ4n) is 1.41. The predicted octanol–water partition coefficient (Wildman–Crippen LogP) is 2.55. The smallest absolute Gasteiger partial charge is 0.119 e. The van der Waals surface area contributed by atoms with Gasteiger partial charge in [0, 0.05) is 6.61 Å². The Bertz CT molecular complexity index is 299. The Morgan fingerprint density at radius 2 is 2.12 bits per heavy atom. The highest BCUT2D eigenvalue weighted by Gasteiger charge is 2.08. The van der Waals surface area contributed by atoms with E-state index in [1.54, 1.807) is 0 Å². The summed E-state index contributed by atoms with van der Waals surface area (Å²) in [5.41, 5.74) is 0.835. The van der Waals surface area contributed by atoms with Gasteiger partial charge in [0.25, 0.3) is 0 Å². The molecule has 1 unspecified atom stereocenters. The molecule has 0 aromatic heterocycles. The van der Waals surface area contributed by atoms with E-state index in [0.717, 1.165) is 17.7 Å². The standard InChI is InChI=1S/C13H20O3/c1-3-8-15-10-13(14)11-6-5-7-12(9-11)16-4-2/h5-7,9,13-14H,3-4,8,10H2,1-2H3. The van der Waals surface area contributed by atoms with Crippen molar-refractivity contribution in [3.05, 3.63) is 29.8 Å². The first-order chi connectivity index (χ1) is 7.77. The first-order valence-corrected chi connectivity index (χ1v) is 5.76. The number of hydrogen-bond acceptors (Lipinski definition) is 3. The molecule has 1 atom stereocenters. The van der Waals surface area contributed by atoms with Crippen molar-refractivity contribution in [2.45, 2.75) is 26.4 Å². The Morgan fingerprint density at radius 1 is 1.31 bits per heavy atom. The van der Waals surface area contributed by atoms with Crippen molar-refractivity contribution in [2.75, 3.05) is 19.8 Å². The van der Waals surface area contributed by atoms with Gasteiger partial charge in [0.2, 0.25) is 0 Å². The summed E-state index contributed by atoms with van der Waals surface area (Å²) >= 11 is 0. The van der Waals surface area contributed by atoms with Gasteiger partial charge in [-0.25, -0.2) is 0 Å². The summed E-state index contributed by atoms with van der Waals surface area (Å²) in [6, 6.07) is 7.49. The van der Waals surface area contributed by atoms with Gasteiger partial charge in [0.15, 0.2) is 0 Å². The minimum atomic E-state index is -0.577. The first-order valence-electron chi connectivity index (χ1n) is 5.76. The van der Waals surface area contributed by atoms with Crippen molar-refractivity contribution in [2.24, 2.45) is 0 Å². The number of ether oxygens (including phenoxy) is 2. The maximum absolute atomic E-state index is 9.86. The second-order valence-electron chi connectivity index (χ2n) is 3.60. The van der Waals surface area contributed by atoms with Gasteiger partial charge in [-0.3, -0.25) is 0 Å². The van der Waals surface area contributed by atoms with Crippen molar-refractivity contribution in [1.82, 2.24) is 0 Å². The van der Waals surface area contributed by atoms with Crippen LogP contribution < -0.4 is 4.74 Å². The Labute approximate surface area is 97.0 Å². The number of hydrogen-bond donors (Lipinski definition) is 1. The largest absolute Gasteiger partial charge is 0.494 e. The molecular formula is C13H20O3. The SMILES string of the molecule is CCCOCC(O)c1cccc(OCC)c1. The highest BCUT2D eigenvalue weighted by atomic mass is 16.5. The average Bonchev–Trinajstić information content (AvgIpc) is 2.30.